The maximum Gasteiger partial charge on any atom is 0.236 e. The highest BCUT2D eigenvalue weighted by atomic mass is 16.2. The van der Waals surface area contributed by atoms with E-state index in [1.165, 1.54) is 0 Å². The molecule has 1 aliphatic rings. The van der Waals surface area contributed by atoms with Gasteiger partial charge in [-0.1, -0.05) is 6.07 Å². The van der Waals surface area contributed by atoms with Crippen LogP contribution in [-0.4, -0.2) is 57.3 Å². The summed E-state index contributed by atoms with van der Waals surface area (Å²) in [6, 6.07) is 3.95. The molecule has 6 nitrogen and oxygen atoms in total. The zero-order valence-electron chi connectivity index (χ0n) is 14.9. The molecule has 1 aliphatic heterocycles. The van der Waals surface area contributed by atoms with Crippen LogP contribution in [0.4, 0.5) is 0 Å². The van der Waals surface area contributed by atoms with E-state index in [0.29, 0.717) is 6.54 Å². The predicted octanol–water partition coefficient (Wildman–Crippen LogP) is 2.02. The average molecular weight is 339 g/mol. The van der Waals surface area contributed by atoms with Crippen LogP contribution in [0.1, 0.15) is 35.7 Å². The Hall–Kier alpha value is -2.34. The van der Waals surface area contributed by atoms with Gasteiger partial charge in [-0.3, -0.25) is 24.6 Å². The van der Waals surface area contributed by atoms with Crippen LogP contribution in [-0.2, 0) is 11.3 Å². The molecule has 25 heavy (non-hydrogen) atoms. The molecule has 3 heterocycles. The molecule has 0 aliphatic carbocycles. The fourth-order valence-corrected chi connectivity index (χ4v) is 3.31. The fourth-order valence-electron chi connectivity index (χ4n) is 3.31. The van der Waals surface area contributed by atoms with Crippen molar-refractivity contribution in [3.8, 4) is 0 Å². The maximum absolute atomic E-state index is 12.7. The van der Waals surface area contributed by atoms with Gasteiger partial charge in [-0.05, 0) is 38.4 Å². The van der Waals surface area contributed by atoms with Crippen molar-refractivity contribution in [2.24, 2.45) is 0 Å². The molecular formula is C19H25N5O. The number of piperidine rings is 1. The lowest BCUT2D eigenvalue weighted by Crippen LogP contribution is -2.43. The highest BCUT2D eigenvalue weighted by Crippen LogP contribution is 2.25. The molecule has 0 radical (unpaired) electrons. The van der Waals surface area contributed by atoms with Crippen LogP contribution in [0, 0.1) is 6.92 Å². The fraction of sp³-hybridized carbons (Fsp3) is 0.474. The molecule has 3 rings (SSSR count). The first-order valence-corrected chi connectivity index (χ1v) is 8.75. The smallest absolute Gasteiger partial charge is 0.236 e. The summed E-state index contributed by atoms with van der Waals surface area (Å²) < 4.78 is 0. The number of aromatic nitrogens is 3. The Morgan fingerprint density at radius 3 is 2.96 bits per heavy atom. The molecule has 2 aromatic rings. The summed E-state index contributed by atoms with van der Waals surface area (Å²) in [5, 5.41) is 0. The minimum Gasteiger partial charge on any atom is -0.341 e. The molecule has 1 unspecified atom stereocenters. The number of amides is 1. The van der Waals surface area contributed by atoms with Crippen molar-refractivity contribution in [3.63, 3.8) is 0 Å². The second-order valence-corrected chi connectivity index (χ2v) is 6.80. The van der Waals surface area contributed by atoms with Gasteiger partial charge in [0.1, 0.15) is 0 Å². The largest absolute Gasteiger partial charge is 0.341 e. The van der Waals surface area contributed by atoms with Gasteiger partial charge in [0.15, 0.2) is 0 Å². The lowest BCUT2D eigenvalue weighted by molar-refractivity contribution is -0.133. The topological polar surface area (TPSA) is 62.2 Å². The Morgan fingerprint density at radius 1 is 1.32 bits per heavy atom. The van der Waals surface area contributed by atoms with Crippen molar-refractivity contribution in [1.82, 2.24) is 24.8 Å². The standard InChI is InChI=1S/C19H25N5O/c1-15-9-21-11-18(22-15)17-6-4-8-24(13-17)19(25)14-23(2)12-16-5-3-7-20-10-16/h3,5,7,9-11,17H,4,6,8,12-14H2,1-2H3. The summed E-state index contributed by atoms with van der Waals surface area (Å²) in [5.74, 6) is 0.463. The van der Waals surface area contributed by atoms with E-state index in [1.54, 1.807) is 12.4 Å². The molecule has 1 saturated heterocycles. The van der Waals surface area contributed by atoms with Crippen molar-refractivity contribution in [2.45, 2.75) is 32.2 Å². The Kier molecular flexibility index (Phi) is 5.71. The maximum atomic E-state index is 12.7. The van der Waals surface area contributed by atoms with Crippen molar-refractivity contribution in [1.29, 1.82) is 0 Å². The lowest BCUT2D eigenvalue weighted by Gasteiger charge is -2.33. The third kappa shape index (κ3) is 4.82. The van der Waals surface area contributed by atoms with E-state index in [4.69, 9.17) is 0 Å². The van der Waals surface area contributed by atoms with E-state index in [1.807, 2.05) is 48.3 Å². The monoisotopic (exact) mass is 339 g/mol. The molecule has 2 aromatic heterocycles. The molecule has 0 spiro atoms. The SMILES string of the molecule is Cc1cncc(C2CCCN(C(=O)CN(C)Cc3cccnc3)C2)n1. The van der Waals surface area contributed by atoms with Crippen LogP contribution in [0.15, 0.2) is 36.9 Å². The first-order chi connectivity index (χ1) is 12.1. The molecule has 6 heteroatoms. The molecule has 0 saturated carbocycles. The minimum atomic E-state index is 0.178. The number of hydrogen-bond acceptors (Lipinski definition) is 5. The molecule has 0 bridgehead atoms. The Bertz CT molecular complexity index is 706. The highest BCUT2D eigenvalue weighted by molar-refractivity contribution is 5.78. The second-order valence-electron chi connectivity index (χ2n) is 6.80. The zero-order valence-corrected chi connectivity index (χ0v) is 14.9. The lowest BCUT2D eigenvalue weighted by atomic mass is 9.95. The Labute approximate surface area is 148 Å². The number of pyridine rings is 1. The third-order valence-corrected chi connectivity index (χ3v) is 4.55. The number of nitrogens with zero attached hydrogens (tertiary/aromatic N) is 5. The van der Waals surface area contributed by atoms with Crippen molar-refractivity contribution in [3.05, 3.63) is 53.9 Å². The summed E-state index contributed by atoms with van der Waals surface area (Å²) in [4.78, 5) is 29.6. The van der Waals surface area contributed by atoms with Crippen molar-refractivity contribution >= 4 is 5.91 Å². The first-order valence-electron chi connectivity index (χ1n) is 8.75. The number of carbonyl (C=O) groups is 1. The van der Waals surface area contributed by atoms with Gasteiger partial charge in [-0.2, -0.15) is 0 Å². The van der Waals surface area contributed by atoms with Gasteiger partial charge in [-0.15, -0.1) is 0 Å². The van der Waals surface area contributed by atoms with Gasteiger partial charge in [0.25, 0.3) is 0 Å². The van der Waals surface area contributed by atoms with Crippen LogP contribution >= 0.6 is 0 Å². The van der Waals surface area contributed by atoms with Gasteiger partial charge >= 0.3 is 0 Å². The number of likely N-dealkylation sites (N-methyl/N-ethyl adjacent to an activating group) is 1. The van der Waals surface area contributed by atoms with Crippen LogP contribution in [0.2, 0.25) is 0 Å². The summed E-state index contributed by atoms with van der Waals surface area (Å²) in [6.07, 6.45) is 9.28. The Balaban J connectivity index is 1.56. The second kappa shape index (κ2) is 8.16. The normalized spacial score (nSPS) is 17.7. The van der Waals surface area contributed by atoms with Crippen molar-refractivity contribution in [2.75, 3.05) is 26.7 Å². The molecule has 132 valence electrons. The highest BCUT2D eigenvalue weighted by Gasteiger charge is 2.26. The molecule has 1 atom stereocenters. The number of likely N-dealkylation sites (tertiary alicyclic amines) is 1. The number of aryl methyl sites for hydroxylation is 1. The van der Waals surface area contributed by atoms with Gasteiger partial charge in [0.2, 0.25) is 5.91 Å². The van der Waals surface area contributed by atoms with E-state index in [0.717, 1.165) is 49.4 Å². The number of hydrogen-bond donors (Lipinski definition) is 0. The van der Waals surface area contributed by atoms with Gasteiger partial charge in [0.05, 0.1) is 17.9 Å². The molecule has 1 fully saturated rings. The van der Waals surface area contributed by atoms with E-state index < -0.39 is 0 Å². The van der Waals surface area contributed by atoms with Crippen LogP contribution in [0.5, 0.6) is 0 Å². The zero-order chi connectivity index (χ0) is 17.6. The molecule has 0 N–H and O–H groups in total. The minimum absolute atomic E-state index is 0.178. The average Bonchev–Trinajstić information content (AvgIpc) is 2.62. The van der Waals surface area contributed by atoms with Crippen LogP contribution in [0.3, 0.4) is 0 Å². The van der Waals surface area contributed by atoms with E-state index >= 15 is 0 Å². The summed E-state index contributed by atoms with van der Waals surface area (Å²) in [6.45, 7) is 4.66. The molecular weight excluding hydrogens is 314 g/mol. The quantitative estimate of drug-likeness (QED) is 0.834. The number of carbonyl (C=O) groups excluding carboxylic acids is 1. The Morgan fingerprint density at radius 2 is 2.20 bits per heavy atom. The molecule has 1 amide bonds. The van der Waals surface area contributed by atoms with E-state index in [9.17, 15) is 4.79 Å². The van der Waals surface area contributed by atoms with Gasteiger partial charge in [0, 0.05) is 50.3 Å². The van der Waals surface area contributed by atoms with Gasteiger partial charge < -0.3 is 4.90 Å². The van der Waals surface area contributed by atoms with E-state index in [-0.39, 0.29) is 11.8 Å². The van der Waals surface area contributed by atoms with Gasteiger partial charge in [-0.25, -0.2) is 0 Å². The predicted molar refractivity (Wildman–Crippen MR) is 95.9 cm³/mol. The van der Waals surface area contributed by atoms with E-state index in [2.05, 4.69) is 15.0 Å². The number of rotatable bonds is 5. The van der Waals surface area contributed by atoms with Crippen molar-refractivity contribution < 1.29 is 4.79 Å². The summed E-state index contributed by atoms with van der Waals surface area (Å²) in [7, 11) is 1.97. The van der Waals surface area contributed by atoms with Crippen LogP contribution in [0.25, 0.3) is 0 Å². The third-order valence-electron chi connectivity index (χ3n) is 4.55. The molecule has 0 aromatic carbocycles. The van der Waals surface area contributed by atoms with Crippen LogP contribution < -0.4 is 0 Å². The summed E-state index contributed by atoms with van der Waals surface area (Å²) in [5.41, 5.74) is 3.04. The first kappa shape index (κ1) is 17.5. The summed E-state index contributed by atoms with van der Waals surface area (Å²) >= 11 is 0.